The number of benzene rings is 2. The third-order valence-corrected chi connectivity index (χ3v) is 7.24. The average Bonchev–Trinajstić information content (AvgIpc) is 3.58. The Morgan fingerprint density at radius 3 is 1.80 bits per heavy atom. The van der Waals surface area contributed by atoms with Gasteiger partial charge in [-0.2, -0.15) is 0 Å². The number of hydrogen-bond acceptors (Lipinski definition) is 7. The Morgan fingerprint density at radius 2 is 1.27 bits per heavy atom. The van der Waals surface area contributed by atoms with Gasteiger partial charge in [-0.15, -0.1) is 0 Å². The molecule has 232 valence electrons. The number of carbonyl (C=O) groups excluding carboxylic acids is 3. The van der Waals surface area contributed by atoms with Crippen LogP contribution in [0.1, 0.15) is 24.5 Å². The van der Waals surface area contributed by atoms with E-state index < -0.39 is 66.4 Å². The zero-order valence-corrected chi connectivity index (χ0v) is 23.7. The number of carbonyl (C=O) groups is 5. The molecule has 4 rings (SSSR count). The molecule has 5 atom stereocenters. The monoisotopic (exact) mass is 606 g/mol. The number of fused-ring (bicyclic) bond motifs is 2. The van der Waals surface area contributed by atoms with E-state index in [1.807, 2.05) is 36.4 Å². The van der Waals surface area contributed by atoms with Gasteiger partial charge >= 0.3 is 11.9 Å². The summed E-state index contributed by atoms with van der Waals surface area (Å²) in [6, 6.07) is 8.71. The molecular formula is C30H34N6O8. The molecule has 0 aliphatic rings. The molecule has 0 saturated heterocycles. The Labute approximate surface area is 251 Å². The smallest absolute Gasteiger partial charge is 0.326 e. The predicted octanol–water partition coefficient (Wildman–Crippen LogP) is 0.156. The lowest BCUT2D eigenvalue weighted by Gasteiger charge is -2.26. The fourth-order valence-electron chi connectivity index (χ4n) is 4.93. The van der Waals surface area contributed by atoms with Crippen molar-refractivity contribution in [3.8, 4) is 0 Å². The molecule has 4 aromatic rings. The molecule has 3 amide bonds. The second-order valence-corrected chi connectivity index (χ2v) is 10.5. The Hall–Kier alpha value is -5.21. The molecule has 0 saturated carbocycles. The standard InChI is InChI=1S/C30H34N6O8/c1-15(37)26(29(42)35-24(30(43)44)11-17-14-33-22-9-5-3-7-19(17)22)36-28(41)23(12-25(38)39)34-27(40)20(31)10-16-13-32-21-8-4-2-6-18(16)21/h2-9,13-15,20,23-24,26,32-33,37H,10-12,31H2,1H3,(H,34,40)(H,35,42)(H,36,41)(H,38,39)(H,43,44). The van der Waals surface area contributed by atoms with Gasteiger partial charge in [0.1, 0.15) is 18.1 Å². The topological polar surface area (TPSA) is 240 Å². The first-order valence-corrected chi connectivity index (χ1v) is 13.8. The van der Waals surface area contributed by atoms with Gasteiger partial charge in [-0.25, -0.2) is 4.79 Å². The van der Waals surface area contributed by atoms with Crippen molar-refractivity contribution in [3.63, 3.8) is 0 Å². The van der Waals surface area contributed by atoms with Gasteiger partial charge in [0, 0.05) is 40.6 Å². The van der Waals surface area contributed by atoms with Crippen LogP contribution >= 0.6 is 0 Å². The SMILES string of the molecule is CC(O)C(NC(=O)C(CC(=O)O)NC(=O)C(N)Cc1c[nH]c2ccccc12)C(=O)NC(Cc1c[nH]c2ccccc12)C(=O)O. The molecule has 0 radical (unpaired) electrons. The summed E-state index contributed by atoms with van der Waals surface area (Å²) in [7, 11) is 0. The number of carboxylic acids is 2. The van der Waals surface area contributed by atoms with Crippen molar-refractivity contribution >= 4 is 51.5 Å². The maximum absolute atomic E-state index is 13.1. The summed E-state index contributed by atoms with van der Waals surface area (Å²) < 4.78 is 0. The summed E-state index contributed by atoms with van der Waals surface area (Å²) in [5.41, 5.74) is 9.07. The lowest BCUT2D eigenvalue weighted by molar-refractivity contribution is -0.144. The van der Waals surface area contributed by atoms with Gasteiger partial charge in [0.2, 0.25) is 17.7 Å². The van der Waals surface area contributed by atoms with Crippen LogP contribution in [0.25, 0.3) is 21.8 Å². The number of aliphatic hydroxyl groups is 1. The first-order valence-electron chi connectivity index (χ1n) is 13.8. The molecule has 2 aromatic heterocycles. The number of aliphatic hydroxyl groups excluding tert-OH is 1. The summed E-state index contributed by atoms with van der Waals surface area (Å²) in [5.74, 6) is -5.67. The molecule has 2 heterocycles. The Balaban J connectivity index is 1.43. The zero-order valence-electron chi connectivity index (χ0n) is 23.7. The Kier molecular flexibility index (Phi) is 9.98. The van der Waals surface area contributed by atoms with Crippen molar-refractivity contribution in [2.24, 2.45) is 5.73 Å². The first kappa shape index (κ1) is 31.7. The third kappa shape index (κ3) is 7.59. The van der Waals surface area contributed by atoms with Crippen LogP contribution in [0.4, 0.5) is 0 Å². The fraction of sp³-hybridized carbons (Fsp3) is 0.300. The molecule has 0 bridgehead atoms. The maximum Gasteiger partial charge on any atom is 0.326 e. The molecule has 0 aliphatic heterocycles. The lowest BCUT2D eigenvalue weighted by atomic mass is 10.0. The van der Waals surface area contributed by atoms with Gasteiger partial charge in [-0.1, -0.05) is 36.4 Å². The van der Waals surface area contributed by atoms with E-state index in [0.29, 0.717) is 5.56 Å². The zero-order chi connectivity index (χ0) is 32.0. The Bertz CT molecular complexity index is 1680. The summed E-state index contributed by atoms with van der Waals surface area (Å²) >= 11 is 0. The third-order valence-electron chi connectivity index (χ3n) is 7.24. The summed E-state index contributed by atoms with van der Waals surface area (Å²) in [4.78, 5) is 68.8. The molecule has 2 aromatic carbocycles. The van der Waals surface area contributed by atoms with Crippen molar-refractivity contribution in [1.29, 1.82) is 0 Å². The number of hydrogen-bond donors (Lipinski definition) is 9. The Morgan fingerprint density at radius 1 is 0.750 bits per heavy atom. The molecule has 5 unspecified atom stereocenters. The summed E-state index contributed by atoms with van der Waals surface area (Å²) in [5, 5.41) is 38.0. The highest BCUT2D eigenvalue weighted by Gasteiger charge is 2.34. The number of aromatic amines is 2. The van der Waals surface area contributed by atoms with Gasteiger partial charge in [-0.3, -0.25) is 19.2 Å². The number of nitrogens with two attached hydrogens (primary N) is 1. The second-order valence-electron chi connectivity index (χ2n) is 10.5. The highest BCUT2D eigenvalue weighted by atomic mass is 16.4. The van der Waals surface area contributed by atoms with Gasteiger partial charge in [0.25, 0.3) is 0 Å². The highest BCUT2D eigenvalue weighted by Crippen LogP contribution is 2.20. The van der Waals surface area contributed by atoms with Crippen LogP contribution in [0.3, 0.4) is 0 Å². The van der Waals surface area contributed by atoms with E-state index in [4.69, 9.17) is 5.73 Å². The van der Waals surface area contributed by atoms with Gasteiger partial charge < -0.3 is 47.0 Å². The fourth-order valence-corrected chi connectivity index (χ4v) is 4.93. The van der Waals surface area contributed by atoms with Crippen LogP contribution in [0.15, 0.2) is 60.9 Å². The molecule has 0 spiro atoms. The lowest BCUT2D eigenvalue weighted by Crippen LogP contribution is -2.60. The average molecular weight is 607 g/mol. The number of amides is 3. The van der Waals surface area contributed by atoms with E-state index >= 15 is 0 Å². The van der Waals surface area contributed by atoms with E-state index in [9.17, 15) is 39.3 Å². The van der Waals surface area contributed by atoms with Gasteiger partial charge in [-0.05, 0) is 36.6 Å². The van der Waals surface area contributed by atoms with E-state index in [1.54, 1.807) is 24.5 Å². The molecule has 44 heavy (non-hydrogen) atoms. The van der Waals surface area contributed by atoms with Crippen molar-refractivity contribution in [2.75, 3.05) is 0 Å². The van der Waals surface area contributed by atoms with Crippen LogP contribution in [0.2, 0.25) is 0 Å². The summed E-state index contributed by atoms with van der Waals surface area (Å²) in [6.07, 6.45) is 0.966. The van der Waals surface area contributed by atoms with E-state index in [0.717, 1.165) is 27.4 Å². The van der Waals surface area contributed by atoms with Crippen molar-refractivity contribution in [3.05, 3.63) is 72.1 Å². The van der Waals surface area contributed by atoms with E-state index in [1.165, 1.54) is 6.92 Å². The minimum atomic E-state index is -1.67. The van der Waals surface area contributed by atoms with Crippen LogP contribution in [-0.4, -0.2) is 85.2 Å². The highest BCUT2D eigenvalue weighted by molar-refractivity contribution is 5.96. The van der Waals surface area contributed by atoms with E-state index in [2.05, 4.69) is 25.9 Å². The van der Waals surface area contributed by atoms with Crippen molar-refractivity contribution in [1.82, 2.24) is 25.9 Å². The normalized spacial score (nSPS) is 14.7. The molecular weight excluding hydrogens is 572 g/mol. The van der Waals surface area contributed by atoms with Crippen molar-refractivity contribution < 1.29 is 39.3 Å². The largest absolute Gasteiger partial charge is 0.481 e. The van der Waals surface area contributed by atoms with Crippen molar-refractivity contribution in [2.45, 2.75) is 56.5 Å². The quantitative estimate of drug-likeness (QED) is 0.0948. The predicted molar refractivity (Wildman–Crippen MR) is 159 cm³/mol. The number of H-pyrrole nitrogens is 2. The van der Waals surface area contributed by atoms with Crippen LogP contribution in [-0.2, 0) is 36.8 Å². The molecule has 14 heteroatoms. The molecule has 0 fully saturated rings. The molecule has 14 nitrogen and oxygen atoms in total. The minimum absolute atomic E-state index is 0.0863. The summed E-state index contributed by atoms with van der Waals surface area (Å²) in [6.45, 7) is 1.20. The van der Waals surface area contributed by atoms with Crippen LogP contribution < -0.4 is 21.7 Å². The molecule has 10 N–H and O–H groups in total. The van der Waals surface area contributed by atoms with Gasteiger partial charge in [0.15, 0.2) is 0 Å². The number of nitrogens with one attached hydrogen (secondary N) is 5. The van der Waals surface area contributed by atoms with E-state index in [-0.39, 0.29) is 12.8 Å². The minimum Gasteiger partial charge on any atom is -0.481 e. The maximum atomic E-state index is 13.1. The number of carboxylic acid groups (broad SMARTS) is 2. The number of aromatic nitrogens is 2. The number of aliphatic carboxylic acids is 2. The second kappa shape index (κ2) is 13.8. The number of rotatable bonds is 14. The van der Waals surface area contributed by atoms with Gasteiger partial charge in [0.05, 0.1) is 18.6 Å². The van der Waals surface area contributed by atoms with Crippen LogP contribution in [0.5, 0.6) is 0 Å². The van der Waals surface area contributed by atoms with Crippen LogP contribution in [0, 0.1) is 0 Å². The number of para-hydroxylation sites is 2. The first-order chi connectivity index (χ1) is 20.9. The molecule has 0 aliphatic carbocycles.